The molecule has 5 nitrogen and oxygen atoms in total. The average Bonchev–Trinajstić information content (AvgIpc) is 2.92. The number of hydrogen-bond acceptors (Lipinski definition) is 4. The van der Waals surface area contributed by atoms with Gasteiger partial charge in [0.25, 0.3) is 0 Å². The van der Waals surface area contributed by atoms with Crippen molar-refractivity contribution < 1.29 is 14.3 Å². The number of rotatable bonds is 5. The van der Waals surface area contributed by atoms with Gasteiger partial charge in [0.1, 0.15) is 5.60 Å². The average molecular weight is 312 g/mol. The van der Waals surface area contributed by atoms with Crippen LogP contribution in [0.15, 0.2) is 0 Å². The van der Waals surface area contributed by atoms with Crippen molar-refractivity contribution >= 4 is 6.09 Å². The Kier molecular flexibility index (Phi) is 6.50. The zero-order valence-corrected chi connectivity index (χ0v) is 14.3. The fourth-order valence-electron chi connectivity index (χ4n) is 3.22. The van der Waals surface area contributed by atoms with Gasteiger partial charge in [-0.3, -0.25) is 0 Å². The molecule has 1 unspecified atom stereocenters. The smallest absolute Gasteiger partial charge is 0.407 e. The van der Waals surface area contributed by atoms with Crippen LogP contribution in [-0.2, 0) is 9.47 Å². The second-order valence-corrected chi connectivity index (χ2v) is 7.67. The summed E-state index contributed by atoms with van der Waals surface area (Å²) in [5, 5.41) is 6.65. The molecule has 0 radical (unpaired) electrons. The van der Waals surface area contributed by atoms with Crippen LogP contribution >= 0.6 is 0 Å². The fraction of sp³-hybridized carbons (Fsp3) is 0.941. The summed E-state index contributed by atoms with van der Waals surface area (Å²) in [4.78, 5) is 11.8. The minimum atomic E-state index is -0.424. The van der Waals surface area contributed by atoms with E-state index in [0.29, 0.717) is 6.04 Å². The molecule has 2 aliphatic rings. The Morgan fingerprint density at radius 3 is 2.41 bits per heavy atom. The normalized spacial score (nSPS) is 29.3. The van der Waals surface area contributed by atoms with E-state index < -0.39 is 5.60 Å². The standard InChI is InChI=1S/C17H32N2O3/c1-17(2,3)22-16(20)19-15-6-4-14(5-7-15)18-10-8-13-9-11-21-12-13/h13-15,18H,4-12H2,1-3H3,(H,19,20). The molecule has 1 atom stereocenters. The lowest BCUT2D eigenvalue weighted by atomic mass is 9.91. The van der Waals surface area contributed by atoms with Crippen LogP contribution in [0, 0.1) is 5.92 Å². The number of carbonyl (C=O) groups excluding carboxylic acids is 1. The maximum Gasteiger partial charge on any atom is 0.407 e. The Morgan fingerprint density at radius 2 is 1.82 bits per heavy atom. The van der Waals surface area contributed by atoms with Crippen LogP contribution in [0.4, 0.5) is 4.79 Å². The molecule has 0 aromatic rings. The summed E-state index contributed by atoms with van der Waals surface area (Å²) in [7, 11) is 0. The molecule has 2 rings (SSSR count). The molecular formula is C17H32N2O3. The van der Waals surface area contributed by atoms with Gasteiger partial charge in [-0.1, -0.05) is 0 Å². The van der Waals surface area contributed by atoms with Crippen LogP contribution in [-0.4, -0.2) is 43.5 Å². The van der Waals surface area contributed by atoms with Crippen molar-refractivity contribution in [3.8, 4) is 0 Å². The van der Waals surface area contributed by atoms with Crippen molar-refractivity contribution in [2.75, 3.05) is 19.8 Å². The second kappa shape index (κ2) is 8.16. The largest absolute Gasteiger partial charge is 0.444 e. The minimum Gasteiger partial charge on any atom is -0.444 e. The molecule has 1 aliphatic carbocycles. The van der Waals surface area contributed by atoms with E-state index in [2.05, 4.69) is 10.6 Å². The van der Waals surface area contributed by atoms with E-state index in [1.807, 2.05) is 20.8 Å². The Balaban J connectivity index is 1.56. The van der Waals surface area contributed by atoms with Crippen molar-refractivity contribution in [2.45, 2.75) is 77.0 Å². The molecule has 128 valence electrons. The molecule has 0 bridgehead atoms. The lowest BCUT2D eigenvalue weighted by molar-refractivity contribution is 0.0489. The van der Waals surface area contributed by atoms with Gasteiger partial charge in [0, 0.05) is 25.3 Å². The zero-order valence-electron chi connectivity index (χ0n) is 14.3. The van der Waals surface area contributed by atoms with Crippen LogP contribution < -0.4 is 10.6 Å². The van der Waals surface area contributed by atoms with Crippen LogP contribution in [0.3, 0.4) is 0 Å². The number of amides is 1. The molecule has 2 fully saturated rings. The first kappa shape index (κ1) is 17.5. The summed E-state index contributed by atoms with van der Waals surface area (Å²) >= 11 is 0. The van der Waals surface area contributed by atoms with E-state index >= 15 is 0 Å². The van der Waals surface area contributed by atoms with Crippen molar-refractivity contribution in [3.05, 3.63) is 0 Å². The maximum absolute atomic E-state index is 11.8. The van der Waals surface area contributed by atoms with Gasteiger partial charge in [-0.05, 0) is 71.8 Å². The van der Waals surface area contributed by atoms with Crippen LogP contribution in [0.1, 0.15) is 59.3 Å². The highest BCUT2D eigenvalue weighted by molar-refractivity contribution is 5.68. The molecule has 1 saturated heterocycles. The van der Waals surface area contributed by atoms with Crippen LogP contribution in [0.5, 0.6) is 0 Å². The highest BCUT2D eigenvalue weighted by atomic mass is 16.6. The summed E-state index contributed by atoms with van der Waals surface area (Å²) in [6.45, 7) is 8.64. The minimum absolute atomic E-state index is 0.260. The molecule has 1 heterocycles. The lowest BCUT2D eigenvalue weighted by Crippen LogP contribution is -2.44. The Bertz CT molecular complexity index is 340. The monoisotopic (exact) mass is 312 g/mol. The molecule has 0 spiro atoms. The summed E-state index contributed by atoms with van der Waals surface area (Å²) in [6.07, 6.45) is 6.46. The summed E-state index contributed by atoms with van der Waals surface area (Å²) in [5.41, 5.74) is -0.424. The first-order valence-electron chi connectivity index (χ1n) is 8.73. The SMILES string of the molecule is CC(C)(C)OC(=O)NC1CCC(NCCC2CCOC2)CC1. The van der Waals surface area contributed by atoms with Gasteiger partial charge in [-0.15, -0.1) is 0 Å². The third-order valence-corrected chi connectivity index (χ3v) is 4.46. The zero-order chi connectivity index (χ0) is 16.0. The van der Waals surface area contributed by atoms with E-state index in [9.17, 15) is 4.79 Å². The van der Waals surface area contributed by atoms with Crippen molar-refractivity contribution in [3.63, 3.8) is 0 Å². The summed E-state index contributed by atoms with van der Waals surface area (Å²) in [6, 6.07) is 0.857. The Morgan fingerprint density at radius 1 is 1.14 bits per heavy atom. The molecule has 0 aromatic carbocycles. The summed E-state index contributed by atoms with van der Waals surface area (Å²) < 4.78 is 10.7. The summed E-state index contributed by atoms with van der Waals surface area (Å²) in [5.74, 6) is 0.748. The first-order valence-corrected chi connectivity index (χ1v) is 8.73. The molecule has 0 aromatic heterocycles. The molecule has 1 aliphatic heterocycles. The van der Waals surface area contributed by atoms with Crippen molar-refractivity contribution in [2.24, 2.45) is 5.92 Å². The number of alkyl carbamates (subject to hydrolysis) is 1. The second-order valence-electron chi connectivity index (χ2n) is 7.67. The van der Waals surface area contributed by atoms with E-state index in [4.69, 9.17) is 9.47 Å². The van der Waals surface area contributed by atoms with Crippen LogP contribution in [0.25, 0.3) is 0 Å². The van der Waals surface area contributed by atoms with E-state index in [-0.39, 0.29) is 12.1 Å². The first-order chi connectivity index (χ1) is 10.4. The molecule has 1 saturated carbocycles. The predicted octanol–water partition coefficient (Wildman–Crippen LogP) is 2.84. The molecule has 1 amide bonds. The van der Waals surface area contributed by atoms with Gasteiger partial charge in [0.05, 0.1) is 0 Å². The van der Waals surface area contributed by atoms with E-state index in [1.165, 1.54) is 12.8 Å². The predicted molar refractivity (Wildman–Crippen MR) is 87.0 cm³/mol. The fourth-order valence-corrected chi connectivity index (χ4v) is 3.22. The molecule has 2 N–H and O–H groups in total. The number of carbonyl (C=O) groups is 1. The highest BCUT2D eigenvalue weighted by Crippen LogP contribution is 2.20. The lowest BCUT2D eigenvalue weighted by Gasteiger charge is -2.30. The highest BCUT2D eigenvalue weighted by Gasteiger charge is 2.24. The molecule has 5 heteroatoms. The van der Waals surface area contributed by atoms with Crippen LogP contribution in [0.2, 0.25) is 0 Å². The van der Waals surface area contributed by atoms with E-state index in [1.54, 1.807) is 0 Å². The van der Waals surface area contributed by atoms with Gasteiger partial charge in [-0.25, -0.2) is 4.79 Å². The van der Waals surface area contributed by atoms with E-state index in [0.717, 1.165) is 51.4 Å². The van der Waals surface area contributed by atoms with Gasteiger partial charge in [-0.2, -0.15) is 0 Å². The van der Waals surface area contributed by atoms with Gasteiger partial charge >= 0.3 is 6.09 Å². The Hall–Kier alpha value is -0.810. The van der Waals surface area contributed by atoms with Gasteiger partial charge in [0.15, 0.2) is 0 Å². The van der Waals surface area contributed by atoms with Crippen molar-refractivity contribution in [1.29, 1.82) is 0 Å². The number of hydrogen-bond donors (Lipinski definition) is 2. The Labute approximate surface area is 134 Å². The van der Waals surface area contributed by atoms with Gasteiger partial charge < -0.3 is 20.1 Å². The topological polar surface area (TPSA) is 59.6 Å². The third kappa shape index (κ3) is 6.53. The van der Waals surface area contributed by atoms with Gasteiger partial charge in [0.2, 0.25) is 0 Å². The maximum atomic E-state index is 11.8. The van der Waals surface area contributed by atoms with Crippen molar-refractivity contribution in [1.82, 2.24) is 10.6 Å². The number of nitrogens with one attached hydrogen (secondary N) is 2. The quantitative estimate of drug-likeness (QED) is 0.819. The third-order valence-electron chi connectivity index (χ3n) is 4.46. The molecule has 22 heavy (non-hydrogen) atoms. The molecular weight excluding hydrogens is 280 g/mol. The number of ether oxygens (including phenoxy) is 2.